The van der Waals surface area contributed by atoms with Gasteiger partial charge in [-0.05, 0) is 43.5 Å². The maximum absolute atomic E-state index is 12.5. The monoisotopic (exact) mass is 449 g/mol. The van der Waals surface area contributed by atoms with Crippen LogP contribution in [0.3, 0.4) is 0 Å². The van der Waals surface area contributed by atoms with Crippen LogP contribution in [0.2, 0.25) is 0 Å². The average Bonchev–Trinajstić information content (AvgIpc) is 3.14. The average molecular weight is 450 g/mol. The first-order valence-electron chi connectivity index (χ1n) is 10.4. The van der Waals surface area contributed by atoms with Crippen molar-refractivity contribution in [2.24, 2.45) is 0 Å². The number of nitrogens with zero attached hydrogens (tertiary/aromatic N) is 4. The molecule has 0 aliphatic carbocycles. The maximum atomic E-state index is 12.5. The number of hydrogen-bond acceptors (Lipinski definition) is 7. The highest BCUT2D eigenvalue weighted by Crippen LogP contribution is 2.26. The first kappa shape index (κ1) is 20.4. The molecule has 0 bridgehead atoms. The second-order valence-electron chi connectivity index (χ2n) is 7.98. The molecule has 1 aliphatic heterocycles. The molecule has 9 nitrogen and oxygen atoms in total. The Balaban J connectivity index is 1.66. The summed E-state index contributed by atoms with van der Waals surface area (Å²) >= 11 is 0. The number of amides is 1. The zero-order valence-electron chi connectivity index (χ0n) is 17.5. The molecule has 0 saturated carbocycles. The van der Waals surface area contributed by atoms with Gasteiger partial charge in [0.25, 0.3) is 0 Å². The van der Waals surface area contributed by atoms with Crippen LogP contribution in [-0.4, -0.2) is 48.5 Å². The van der Waals surface area contributed by atoms with Gasteiger partial charge in [-0.2, -0.15) is 4.52 Å². The lowest BCUT2D eigenvalue weighted by molar-refractivity contribution is -0.121. The summed E-state index contributed by atoms with van der Waals surface area (Å²) in [5, 5.41) is 11.7. The first-order chi connectivity index (χ1) is 15.4. The molecule has 5 rings (SSSR count). The normalized spacial score (nSPS) is 18.8. The summed E-state index contributed by atoms with van der Waals surface area (Å²) in [6, 6.07) is 14.2. The van der Waals surface area contributed by atoms with Crippen molar-refractivity contribution in [2.45, 2.75) is 30.2 Å². The van der Waals surface area contributed by atoms with E-state index in [0.717, 1.165) is 23.7 Å². The van der Waals surface area contributed by atoms with Gasteiger partial charge in [-0.3, -0.25) is 4.79 Å². The molecule has 2 aromatic heterocycles. The molecule has 2 aromatic carbocycles. The Hall–Kier alpha value is -3.53. The minimum absolute atomic E-state index is 0.0493. The summed E-state index contributed by atoms with van der Waals surface area (Å²) in [5.74, 6) is 0.823. The van der Waals surface area contributed by atoms with E-state index in [-0.39, 0.29) is 5.91 Å². The number of anilines is 1. The van der Waals surface area contributed by atoms with E-state index in [1.807, 2.05) is 30.3 Å². The van der Waals surface area contributed by atoms with E-state index >= 15 is 0 Å². The van der Waals surface area contributed by atoms with Crippen LogP contribution in [0.5, 0.6) is 0 Å². The third-order valence-electron chi connectivity index (χ3n) is 5.56. The number of nitrogens with one attached hydrogen (secondary N) is 3. The maximum Gasteiger partial charge on any atom is 0.242 e. The SMILES string of the molecule is C[S@](=N)(=O)c1cccc(-c2nc3c4ccccc4nc(N[C@@H]4CCCCNC4=O)n3n2)c1. The Morgan fingerprint density at radius 2 is 2.00 bits per heavy atom. The molecule has 0 spiro atoms. The molecule has 10 heteroatoms. The summed E-state index contributed by atoms with van der Waals surface area (Å²) < 4.78 is 21.7. The van der Waals surface area contributed by atoms with Crippen molar-refractivity contribution < 1.29 is 9.00 Å². The van der Waals surface area contributed by atoms with Gasteiger partial charge in [0, 0.05) is 28.6 Å². The summed E-state index contributed by atoms with van der Waals surface area (Å²) in [7, 11) is -2.87. The minimum atomic E-state index is -2.87. The number of aromatic nitrogens is 4. The largest absolute Gasteiger partial charge is 0.354 e. The van der Waals surface area contributed by atoms with E-state index in [2.05, 4.69) is 15.7 Å². The van der Waals surface area contributed by atoms with Crippen molar-refractivity contribution in [1.29, 1.82) is 4.78 Å². The molecule has 1 fully saturated rings. The summed E-state index contributed by atoms with van der Waals surface area (Å²) in [6.07, 6.45) is 3.98. The fourth-order valence-electron chi connectivity index (χ4n) is 3.88. The molecule has 3 N–H and O–H groups in total. The number of fused-ring (bicyclic) bond motifs is 3. The number of benzene rings is 2. The van der Waals surface area contributed by atoms with Crippen LogP contribution in [0.1, 0.15) is 19.3 Å². The van der Waals surface area contributed by atoms with E-state index in [1.54, 1.807) is 22.7 Å². The fraction of sp³-hybridized carbons (Fsp3) is 0.273. The van der Waals surface area contributed by atoms with E-state index in [9.17, 15) is 9.00 Å². The van der Waals surface area contributed by atoms with Gasteiger partial charge in [0.15, 0.2) is 11.5 Å². The zero-order valence-corrected chi connectivity index (χ0v) is 18.4. The van der Waals surface area contributed by atoms with Crippen molar-refractivity contribution >= 4 is 38.1 Å². The smallest absolute Gasteiger partial charge is 0.242 e. The van der Waals surface area contributed by atoms with Crippen LogP contribution in [0, 0.1) is 4.78 Å². The Bertz CT molecular complexity index is 1450. The predicted molar refractivity (Wildman–Crippen MR) is 123 cm³/mol. The third-order valence-corrected chi connectivity index (χ3v) is 6.71. The van der Waals surface area contributed by atoms with Crippen LogP contribution in [0.25, 0.3) is 27.9 Å². The minimum Gasteiger partial charge on any atom is -0.354 e. The molecule has 1 saturated heterocycles. The van der Waals surface area contributed by atoms with Crippen LogP contribution in [0.4, 0.5) is 5.95 Å². The first-order valence-corrected chi connectivity index (χ1v) is 12.4. The number of carbonyl (C=O) groups is 1. The van der Waals surface area contributed by atoms with E-state index in [0.29, 0.717) is 40.8 Å². The summed E-state index contributed by atoms with van der Waals surface area (Å²) in [6.45, 7) is 0.679. The molecule has 1 aliphatic rings. The lowest BCUT2D eigenvalue weighted by Crippen LogP contribution is -2.38. The van der Waals surface area contributed by atoms with Crippen LogP contribution in [0.15, 0.2) is 53.4 Å². The number of para-hydroxylation sites is 1. The van der Waals surface area contributed by atoms with Crippen molar-refractivity contribution in [3.8, 4) is 11.4 Å². The van der Waals surface area contributed by atoms with Crippen LogP contribution >= 0.6 is 0 Å². The van der Waals surface area contributed by atoms with Gasteiger partial charge in [-0.15, -0.1) is 5.10 Å². The highest BCUT2D eigenvalue weighted by Gasteiger charge is 2.23. The highest BCUT2D eigenvalue weighted by atomic mass is 32.2. The van der Waals surface area contributed by atoms with Gasteiger partial charge in [-0.25, -0.2) is 19.0 Å². The van der Waals surface area contributed by atoms with Gasteiger partial charge in [0.1, 0.15) is 6.04 Å². The molecule has 164 valence electrons. The predicted octanol–water partition coefficient (Wildman–Crippen LogP) is 3.06. The Morgan fingerprint density at radius 3 is 2.84 bits per heavy atom. The van der Waals surface area contributed by atoms with Gasteiger partial charge in [-0.1, -0.05) is 24.3 Å². The Morgan fingerprint density at radius 1 is 1.16 bits per heavy atom. The quantitative estimate of drug-likeness (QED) is 0.440. The van der Waals surface area contributed by atoms with E-state index in [4.69, 9.17) is 14.7 Å². The molecule has 3 heterocycles. The molecular formula is C22H23N7O2S. The summed E-state index contributed by atoms with van der Waals surface area (Å²) in [4.78, 5) is 22.4. The van der Waals surface area contributed by atoms with Gasteiger partial charge >= 0.3 is 0 Å². The molecule has 0 unspecified atom stereocenters. The number of hydrogen-bond donors (Lipinski definition) is 3. The zero-order chi connectivity index (χ0) is 22.3. The Kier molecular flexibility index (Phi) is 5.01. The molecule has 0 radical (unpaired) electrons. The Labute approximate surface area is 185 Å². The molecule has 1 amide bonds. The van der Waals surface area contributed by atoms with Gasteiger partial charge < -0.3 is 10.6 Å². The molecule has 32 heavy (non-hydrogen) atoms. The number of carbonyl (C=O) groups excluding carboxylic acids is 1. The standard InChI is InChI=1S/C22H23N7O2S/c1-32(23,31)15-8-6-7-14(13-15)19-27-20-16-9-2-3-10-17(16)25-22(29(20)28-19)26-18-11-4-5-12-24-21(18)30/h2-3,6-10,13,18,23H,4-5,11-12H2,1H3,(H,24,30)(H,25,26)/t18-,32+/m1/s1. The lowest BCUT2D eigenvalue weighted by Gasteiger charge is -2.16. The fourth-order valence-corrected chi connectivity index (χ4v) is 4.57. The highest BCUT2D eigenvalue weighted by molar-refractivity contribution is 7.91. The molecule has 4 aromatic rings. The van der Waals surface area contributed by atoms with Crippen molar-refractivity contribution in [3.05, 3.63) is 48.5 Å². The summed E-state index contributed by atoms with van der Waals surface area (Å²) in [5.41, 5.74) is 2.01. The van der Waals surface area contributed by atoms with E-state index in [1.165, 1.54) is 6.26 Å². The lowest BCUT2D eigenvalue weighted by atomic mass is 10.1. The second-order valence-corrected chi connectivity index (χ2v) is 10.1. The van der Waals surface area contributed by atoms with Crippen LogP contribution in [-0.2, 0) is 14.5 Å². The third kappa shape index (κ3) is 3.77. The van der Waals surface area contributed by atoms with Gasteiger partial charge in [0.2, 0.25) is 11.9 Å². The second kappa shape index (κ2) is 7.86. The molecule has 2 atom stereocenters. The molecular weight excluding hydrogens is 426 g/mol. The van der Waals surface area contributed by atoms with Crippen molar-refractivity contribution in [3.63, 3.8) is 0 Å². The van der Waals surface area contributed by atoms with Crippen LogP contribution < -0.4 is 10.6 Å². The van der Waals surface area contributed by atoms with Gasteiger partial charge in [0.05, 0.1) is 15.2 Å². The van der Waals surface area contributed by atoms with Crippen molar-refractivity contribution in [2.75, 3.05) is 18.1 Å². The van der Waals surface area contributed by atoms with Crippen molar-refractivity contribution in [1.82, 2.24) is 24.9 Å². The topological polar surface area (TPSA) is 125 Å². The number of rotatable bonds is 4. The van der Waals surface area contributed by atoms with E-state index < -0.39 is 15.8 Å².